The second-order valence-corrected chi connectivity index (χ2v) is 5.06. The summed E-state index contributed by atoms with van der Waals surface area (Å²) in [6.45, 7) is 5.17. The van der Waals surface area contributed by atoms with E-state index in [1.54, 1.807) is 0 Å². The molecule has 1 saturated heterocycles. The van der Waals surface area contributed by atoms with Crippen molar-refractivity contribution >= 4 is 11.4 Å². The number of rotatable bonds is 2. The molecule has 1 aromatic carbocycles. The van der Waals surface area contributed by atoms with Crippen molar-refractivity contribution in [1.82, 2.24) is 0 Å². The van der Waals surface area contributed by atoms with Crippen LogP contribution in [-0.4, -0.2) is 19.6 Å². The molecule has 1 aliphatic heterocycles. The average Bonchev–Trinajstić information content (AvgIpc) is 2.31. The third-order valence-corrected chi connectivity index (χ3v) is 3.74. The van der Waals surface area contributed by atoms with Crippen molar-refractivity contribution in [2.45, 2.75) is 19.8 Å². The Hall–Kier alpha value is -1.22. The number of hydrogen-bond donors (Lipinski definition) is 2. The second-order valence-electron chi connectivity index (χ2n) is 5.06. The SMILES string of the molecule is CC1(CN)CCN(c2ccccc2N)CC1. The van der Waals surface area contributed by atoms with Crippen molar-refractivity contribution in [1.29, 1.82) is 0 Å². The zero-order valence-electron chi connectivity index (χ0n) is 9.95. The first-order valence-electron chi connectivity index (χ1n) is 5.94. The molecular formula is C13H21N3. The van der Waals surface area contributed by atoms with E-state index < -0.39 is 0 Å². The highest BCUT2D eigenvalue weighted by atomic mass is 15.1. The fraction of sp³-hybridized carbons (Fsp3) is 0.538. The van der Waals surface area contributed by atoms with Gasteiger partial charge < -0.3 is 16.4 Å². The molecule has 2 rings (SSSR count). The predicted octanol–water partition coefficient (Wildman–Crippen LogP) is 1.83. The minimum absolute atomic E-state index is 0.319. The van der Waals surface area contributed by atoms with Crippen LogP contribution in [0, 0.1) is 5.41 Å². The summed E-state index contributed by atoms with van der Waals surface area (Å²) in [7, 11) is 0. The number of nitrogens with two attached hydrogens (primary N) is 2. The van der Waals surface area contributed by atoms with Crippen molar-refractivity contribution in [2.24, 2.45) is 11.1 Å². The molecule has 88 valence electrons. The number of para-hydroxylation sites is 2. The fourth-order valence-corrected chi connectivity index (χ4v) is 2.27. The molecule has 16 heavy (non-hydrogen) atoms. The van der Waals surface area contributed by atoms with E-state index in [0.29, 0.717) is 5.41 Å². The molecule has 1 aliphatic rings. The molecule has 0 bridgehead atoms. The van der Waals surface area contributed by atoms with Crippen LogP contribution in [0.4, 0.5) is 11.4 Å². The Morgan fingerprint density at radius 3 is 2.44 bits per heavy atom. The van der Waals surface area contributed by atoms with Crippen molar-refractivity contribution in [3.8, 4) is 0 Å². The highest BCUT2D eigenvalue weighted by Crippen LogP contribution is 2.33. The minimum Gasteiger partial charge on any atom is -0.397 e. The fourth-order valence-electron chi connectivity index (χ4n) is 2.27. The molecule has 1 fully saturated rings. The molecule has 0 amide bonds. The molecule has 1 heterocycles. The van der Waals surface area contributed by atoms with Gasteiger partial charge in [-0.3, -0.25) is 0 Å². The van der Waals surface area contributed by atoms with Crippen LogP contribution in [0.2, 0.25) is 0 Å². The van der Waals surface area contributed by atoms with E-state index in [0.717, 1.165) is 38.2 Å². The van der Waals surface area contributed by atoms with Gasteiger partial charge in [0.05, 0.1) is 11.4 Å². The molecule has 4 N–H and O–H groups in total. The van der Waals surface area contributed by atoms with Crippen LogP contribution in [0.25, 0.3) is 0 Å². The topological polar surface area (TPSA) is 55.3 Å². The zero-order valence-corrected chi connectivity index (χ0v) is 9.95. The van der Waals surface area contributed by atoms with E-state index in [-0.39, 0.29) is 0 Å². The van der Waals surface area contributed by atoms with Gasteiger partial charge in [-0.2, -0.15) is 0 Å². The maximum Gasteiger partial charge on any atom is 0.0599 e. The van der Waals surface area contributed by atoms with E-state index in [1.165, 1.54) is 5.69 Å². The largest absolute Gasteiger partial charge is 0.397 e. The smallest absolute Gasteiger partial charge is 0.0599 e. The third-order valence-electron chi connectivity index (χ3n) is 3.74. The standard InChI is InChI=1S/C13H21N3/c1-13(10-14)6-8-16(9-7-13)12-5-3-2-4-11(12)15/h2-5H,6-10,14-15H2,1H3. The van der Waals surface area contributed by atoms with Crippen molar-refractivity contribution in [2.75, 3.05) is 30.3 Å². The summed E-state index contributed by atoms with van der Waals surface area (Å²) in [5.41, 5.74) is 14.2. The number of hydrogen-bond acceptors (Lipinski definition) is 3. The van der Waals surface area contributed by atoms with Crippen molar-refractivity contribution in [3.63, 3.8) is 0 Å². The molecule has 1 aromatic rings. The Balaban J connectivity index is 2.07. The first-order valence-corrected chi connectivity index (χ1v) is 5.94. The maximum absolute atomic E-state index is 5.99. The molecule has 0 radical (unpaired) electrons. The molecule has 3 heteroatoms. The van der Waals surface area contributed by atoms with Crippen molar-refractivity contribution < 1.29 is 0 Å². The van der Waals surface area contributed by atoms with Crippen LogP contribution >= 0.6 is 0 Å². The summed E-state index contributed by atoms with van der Waals surface area (Å²) >= 11 is 0. The third kappa shape index (κ3) is 2.14. The zero-order chi connectivity index (χ0) is 11.6. The molecule has 3 nitrogen and oxygen atoms in total. The van der Waals surface area contributed by atoms with E-state index in [4.69, 9.17) is 11.5 Å². The van der Waals surface area contributed by atoms with Gasteiger partial charge in [-0.25, -0.2) is 0 Å². The Kier molecular flexibility index (Phi) is 3.06. The van der Waals surface area contributed by atoms with Crippen LogP contribution in [0.3, 0.4) is 0 Å². The van der Waals surface area contributed by atoms with Crippen LogP contribution in [0.5, 0.6) is 0 Å². The summed E-state index contributed by atoms with van der Waals surface area (Å²) in [6, 6.07) is 8.09. The number of nitrogens with zero attached hydrogens (tertiary/aromatic N) is 1. The van der Waals surface area contributed by atoms with Gasteiger partial charge in [0, 0.05) is 13.1 Å². The number of anilines is 2. The van der Waals surface area contributed by atoms with E-state index in [2.05, 4.69) is 17.9 Å². The average molecular weight is 219 g/mol. The monoisotopic (exact) mass is 219 g/mol. The number of piperidine rings is 1. The summed E-state index contributed by atoms with van der Waals surface area (Å²) < 4.78 is 0. The Labute approximate surface area is 97.4 Å². The normalized spacial score (nSPS) is 19.8. The quantitative estimate of drug-likeness (QED) is 0.746. The lowest BCUT2D eigenvalue weighted by atomic mass is 9.80. The van der Waals surface area contributed by atoms with Gasteiger partial charge in [-0.05, 0) is 36.9 Å². The van der Waals surface area contributed by atoms with Gasteiger partial charge in [0.25, 0.3) is 0 Å². The van der Waals surface area contributed by atoms with Gasteiger partial charge >= 0.3 is 0 Å². The molecule has 0 spiro atoms. The van der Waals surface area contributed by atoms with Gasteiger partial charge in [0.1, 0.15) is 0 Å². The van der Waals surface area contributed by atoms with Gasteiger partial charge in [0.2, 0.25) is 0 Å². The lowest BCUT2D eigenvalue weighted by Gasteiger charge is -2.40. The summed E-state index contributed by atoms with van der Waals surface area (Å²) in [6.07, 6.45) is 2.30. The number of benzene rings is 1. The highest BCUT2D eigenvalue weighted by Gasteiger charge is 2.29. The highest BCUT2D eigenvalue weighted by molar-refractivity contribution is 5.67. The molecule has 0 unspecified atom stereocenters. The summed E-state index contributed by atoms with van der Waals surface area (Å²) in [5.74, 6) is 0. The van der Waals surface area contributed by atoms with Gasteiger partial charge in [-0.15, -0.1) is 0 Å². The van der Waals surface area contributed by atoms with Crippen LogP contribution in [0.1, 0.15) is 19.8 Å². The first-order chi connectivity index (χ1) is 7.64. The van der Waals surface area contributed by atoms with E-state index >= 15 is 0 Å². The van der Waals surface area contributed by atoms with Crippen LogP contribution in [0.15, 0.2) is 24.3 Å². The summed E-state index contributed by atoms with van der Waals surface area (Å²) in [4.78, 5) is 2.37. The van der Waals surface area contributed by atoms with Crippen molar-refractivity contribution in [3.05, 3.63) is 24.3 Å². The lowest BCUT2D eigenvalue weighted by Crippen LogP contribution is -2.42. The Morgan fingerprint density at radius 1 is 1.25 bits per heavy atom. The minimum atomic E-state index is 0.319. The van der Waals surface area contributed by atoms with E-state index in [9.17, 15) is 0 Å². The molecular weight excluding hydrogens is 198 g/mol. The molecule has 0 atom stereocenters. The van der Waals surface area contributed by atoms with Crippen LogP contribution < -0.4 is 16.4 Å². The maximum atomic E-state index is 5.99. The van der Waals surface area contributed by atoms with Gasteiger partial charge in [0.15, 0.2) is 0 Å². The molecule has 0 saturated carbocycles. The van der Waals surface area contributed by atoms with Gasteiger partial charge in [-0.1, -0.05) is 19.1 Å². The second kappa shape index (κ2) is 4.34. The Bertz CT molecular complexity index is 354. The first kappa shape index (κ1) is 11.3. The van der Waals surface area contributed by atoms with Crippen LogP contribution in [-0.2, 0) is 0 Å². The predicted molar refractivity (Wildman–Crippen MR) is 69.5 cm³/mol. The molecule has 0 aromatic heterocycles. The lowest BCUT2D eigenvalue weighted by molar-refractivity contribution is 0.258. The number of nitrogen functional groups attached to an aromatic ring is 1. The Morgan fingerprint density at radius 2 is 1.88 bits per heavy atom. The molecule has 0 aliphatic carbocycles. The van der Waals surface area contributed by atoms with E-state index in [1.807, 2.05) is 18.2 Å². The summed E-state index contributed by atoms with van der Waals surface area (Å²) in [5, 5.41) is 0.